The Morgan fingerprint density at radius 3 is 2.23 bits per heavy atom. The van der Waals surface area contributed by atoms with Crippen LogP contribution in [0.1, 0.15) is 33.9 Å². The van der Waals surface area contributed by atoms with Crippen LogP contribution in [-0.2, 0) is 17.8 Å². The Morgan fingerprint density at radius 1 is 0.923 bits per heavy atom. The Labute approximate surface area is 162 Å². The van der Waals surface area contributed by atoms with E-state index in [1.165, 1.54) is 22.3 Å². The number of nitrogens with zero attached hydrogens (tertiary/aromatic N) is 1. The van der Waals surface area contributed by atoms with Crippen molar-refractivity contribution < 1.29 is 4.74 Å². The average molecular weight is 406 g/mol. The second-order valence-corrected chi connectivity index (χ2v) is 7.35. The van der Waals surface area contributed by atoms with Crippen molar-refractivity contribution >= 4 is 22.1 Å². The molecule has 0 saturated heterocycles. The quantitative estimate of drug-likeness (QED) is 0.507. The molecule has 3 aromatic carbocycles. The summed E-state index contributed by atoms with van der Waals surface area (Å²) in [6.45, 7) is 1.45. The molecule has 4 rings (SSSR count). The third kappa shape index (κ3) is 3.79. The summed E-state index contributed by atoms with van der Waals surface area (Å²) >= 11 is 3.64. The zero-order valence-corrected chi connectivity index (χ0v) is 16.0. The van der Waals surface area contributed by atoms with Gasteiger partial charge >= 0.3 is 0 Å². The molecule has 1 aliphatic heterocycles. The van der Waals surface area contributed by atoms with E-state index >= 15 is 0 Å². The van der Waals surface area contributed by atoms with Gasteiger partial charge < -0.3 is 4.74 Å². The van der Waals surface area contributed by atoms with Crippen LogP contribution < -0.4 is 0 Å². The van der Waals surface area contributed by atoms with Crippen LogP contribution in [0, 0.1) is 0 Å². The fourth-order valence-electron chi connectivity index (χ4n) is 3.38. The molecule has 0 aliphatic carbocycles. The van der Waals surface area contributed by atoms with Gasteiger partial charge in [-0.1, -0.05) is 76.6 Å². The third-order valence-electron chi connectivity index (χ3n) is 4.70. The van der Waals surface area contributed by atoms with E-state index < -0.39 is 0 Å². The van der Waals surface area contributed by atoms with Crippen LogP contribution in [-0.4, -0.2) is 12.8 Å². The zero-order chi connectivity index (χ0) is 17.8. The summed E-state index contributed by atoms with van der Waals surface area (Å²) in [7, 11) is 0. The van der Waals surface area contributed by atoms with Crippen molar-refractivity contribution in [3.05, 3.63) is 105 Å². The highest BCUT2D eigenvalue weighted by molar-refractivity contribution is 9.10. The summed E-state index contributed by atoms with van der Waals surface area (Å²) in [4.78, 5) is 4.98. The summed E-state index contributed by atoms with van der Waals surface area (Å²) in [5.41, 5.74) is 6.11. The predicted molar refractivity (Wildman–Crippen MR) is 110 cm³/mol. The first-order valence-electron chi connectivity index (χ1n) is 8.83. The number of ether oxygens (including phenoxy) is 1. The number of aliphatic imine (C=N–C) groups is 1. The summed E-state index contributed by atoms with van der Waals surface area (Å²) in [6.07, 6.45) is 2.96. The molecule has 0 N–H and O–H groups in total. The second kappa shape index (κ2) is 7.98. The van der Waals surface area contributed by atoms with E-state index in [0.717, 1.165) is 23.1 Å². The number of hydrogen-bond donors (Lipinski definition) is 0. The lowest BCUT2D eigenvalue weighted by atomic mass is 9.97. The standard InChI is InChI=1S/C23H20BrNO/c24-21-13-19-11-12-26-16-22(19)20(14-21)15-25-23(17-7-3-1-4-8-17)18-9-5-2-6-10-18/h1-10,13-15,23H,11-12,16H2/b25-15-. The van der Waals surface area contributed by atoms with Gasteiger partial charge in [0.1, 0.15) is 0 Å². The number of rotatable bonds is 4. The predicted octanol–water partition coefficient (Wildman–Crippen LogP) is 5.73. The Kier molecular flexibility index (Phi) is 5.28. The lowest BCUT2D eigenvalue weighted by Crippen LogP contribution is -2.12. The van der Waals surface area contributed by atoms with Gasteiger partial charge in [-0.15, -0.1) is 0 Å². The number of hydrogen-bond acceptors (Lipinski definition) is 2. The van der Waals surface area contributed by atoms with Gasteiger partial charge in [0, 0.05) is 10.7 Å². The van der Waals surface area contributed by atoms with Gasteiger partial charge in [-0.25, -0.2) is 0 Å². The highest BCUT2D eigenvalue weighted by Crippen LogP contribution is 2.28. The molecule has 0 spiro atoms. The number of halogens is 1. The number of benzene rings is 3. The molecule has 0 fully saturated rings. The van der Waals surface area contributed by atoms with E-state index in [2.05, 4.69) is 76.6 Å². The van der Waals surface area contributed by atoms with Crippen LogP contribution in [0.15, 0.2) is 82.3 Å². The van der Waals surface area contributed by atoms with Crippen LogP contribution in [0.3, 0.4) is 0 Å². The molecular weight excluding hydrogens is 386 g/mol. The van der Waals surface area contributed by atoms with Crippen molar-refractivity contribution in [2.45, 2.75) is 19.1 Å². The van der Waals surface area contributed by atoms with E-state index in [1.807, 2.05) is 18.3 Å². The van der Waals surface area contributed by atoms with Crippen molar-refractivity contribution in [2.75, 3.05) is 6.61 Å². The fraction of sp³-hybridized carbons (Fsp3) is 0.174. The summed E-state index contributed by atoms with van der Waals surface area (Å²) < 4.78 is 6.77. The van der Waals surface area contributed by atoms with E-state index in [9.17, 15) is 0 Å². The van der Waals surface area contributed by atoms with Gasteiger partial charge in [0.05, 0.1) is 19.3 Å². The van der Waals surface area contributed by atoms with Gasteiger partial charge in [-0.2, -0.15) is 0 Å². The molecule has 0 saturated carbocycles. The Hall–Kier alpha value is -2.23. The van der Waals surface area contributed by atoms with Crippen LogP contribution in [0.5, 0.6) is 0 Å². The number of fused-ring (bicyclic) bond motifs is 1. The molecule has 2 nitrogen and oxygen atoms in total. The highest BCUT2D eigenvalue weighted by atomic mass is 79.9. The SMILES string of the molecule is Brc1cc(/C=N\C(c2ccccc2)c2ccccc2)c2c(c1)CCOC2. The van der Waals surface area contributed by atoms with Crippen molar-refractivity contribution in [1.82, 2.24) is 0 Å². The molecule has 26 heavy (non-hydrogen) atoms. The molecule has 1 heterocycles. The van der Waals surface area contributed by atoms with Crippen LogP contribution in [0.2, 0.25) is 0 Å². The largest absolute Gasteiger partial charge is 0.376 e. The van der Waals surface area contributed by atoms with Crippen LogP contribution >= 0.6 is 15.9 Å². The Bertz CT molecular complexity index is 867. The lowest BCUT2D eigenvalue weighted by Gasteiger charge is -2.19. The van der Waals surface area contributed by atoms with E-state index in [1.54, 1.807) is 0 Å². The molecule has 3 aromatic rings. The smallest absolute Gasteiger partial charge is 0.0999 e. The normalized spacial score (nSPS) is 13.9. The van der Waals surface area contributed by atoms with Crippen molar-refractivity contribution in [1.29, 1.82) is 0 Å². The van der Waals surface area contributed by atoms with Gasteiger partial charge in [-0.3, -0.25) is 4.99 Å². The minimum atomic E-state index is -0.0171. The summed E-state index contributed by atoms with van der Waals surface area (Å²) in [6, 6.07) is 25.2. The summed E-state index contributed by atoms with van der Waals surface area (Å²) in [5.74, 6) is 0. The molecule has 0 amide bonds. The first-order chi connectivity index (χ1) is 12.8. The van der Waals surface area contributed by atoms with Crippen LogP contribution in [0.25, 0.3) is 0 Å². The molecule has 3 heteroatoms. The maximum absolute atomic E-state index is 5.68. The van der Waals surface area contributed by atoms with Crippen molar-refractivity contribution in [3.8, 4) is 0 Å². The van der Waals surface area contributed by atoms with Gasteiger partial charge in [0.15, 0.2) is 0 Å². The van der Waals surface area contributed by atoms with E-state index in [-0.39, 0.29) is 6.04 Å². The van der Waals surface area contributed by atoms with Gasteiger partial charge in [0.2, 0.25) is 0 Å². The Balaban J connectivity index is 1.74. The van der Waals surface area contributed by atoms with Gasteiger partial charge in [0.25, 0.3) is 0 Å². The highest BCUT2D eigenvalue weighted by Gasteiger charge is 2.15. The van der Waals surface area contributed by atoms with E-state index in [0.29, 0.717) is 6.61 Å². The minimum Gasteiger partial charge on any atom is -0.376 e. The topological polar surface area (TPSA) is 21.6 Å². The molecule has 0 radical (unpaired) electrons. The Morgan fingerprint density at radius 2 is 1.58 bits per heavy atom. The maximum Gasteiger partial charge on any atom is 0.0999 e. The molecule has 0 unspecified atom stereocenters. The van der Waals surface area contributed by atoms with Crippen LogP contribution in [0.4, 0.5) is 0 Å². The maximum atomic E-state index is 5.68. The first-order valence-corrected chi connectivity index (χ1v) is 9.62. The van der Waals surface area contributed by atoms with Crippen molar-refractivity contribution in [3.63, 3.8) is 0 Å². The molecule has 130 valence electrons. The summed E-state index contributed by atoms with van der Waals surface area (Å²) in [5, 5.41) is 0. The molecular formula is C23H20BrNO. The fourth-order valence-corrected chi connectivity index (χ4v) is 3.90. The third-order valence-corrected chi connectivity index (χ3v) is 5.15. The molecule has 0 bridgehead atoms. The minimum absolute atomic E-state index is 0.0171. The van der Waals surface area contributed by atoms with E-state index in [4.69, 9.17) is 9.73 Å². The molecule has 0 aromatic heterocycles. The van der Waals surface area contributed by atoms with Gasteiger partial charge in [-0.05, 0) is 46.4 Å². The molecule has 1 aliphatic rings. The average Bonchev–Trinajstić information content (AvgIpc) is 2.69. The lowest BCUT2D eigenvalue weighted by molar-refractivity contribution is 0.110. The van der Waals surface area contributed by atoms with Crippen molar-refractivity contribution in [2.24, 2.45) is 4.99 Å². The zero-order valence-electron chi connectivity index (χ0n) is 14.4. The first kappa shape index (κ1) is 17.2. The monoisotopic (exact) mass is 405 g/mol. The molecule has 0 atom stereocenters. The second-order valence-electron chi connectivity index (χ2n) is 6.44.